The largest absolute Gasteiger partial charge is 0.510 e. The highest BCUT2D eigenvalue weighted by molar-refractivity contribution is 7.94. The number of carbonyl (C=O) groups excluding carboxylic acids is 1. The van der Waals surface area contributed by atoms with Crippen LogP contribution in [0.2, 0.25) is 0 Å². The number of carbonyl (C=O) groups is 1. The molecule has 34 heavy (non-hydrogen) atoms. The Morgan fingerprint density at radius 1 is 1.18 bits per heavy atom. The summed E-state index contributed by atoms with van der Waals surface area (Å²) >= 11 is 0.912. The lowest BCUT2D eigenvalue weighted by Crippen LogP contribution is -2.19. The molecule has 0 unspecified atom stereocenters. The molecule has 0 amide bonds. The van der Waals surface area contributed by atoms with E-state index >= 15 is 0 Å². The van der Waals surface area contributed by atoms with Gasteiger partial charge >= 0.3 is 12.3 Å². The van der Waals surface area contributed by atoms with E-state index in [1.807, 2.05) is 12.1 Å². The molecule has 2 heterocycles. The van der Waals surface area contributed by atoms with Crippen molar-refractivity contribution in [2.45, 2.75) is 31.6 Å². The number of para-hydroxylation sites is 2. The molecule has 13 heteroatoms. The maximum absolute atomic E-state index is 12.5. The van der Waals surface area contributed by atoms with Gasteiger partial charge in [-0.15, -0.1) is 0 Å². The Hall–Kier alpha value is -3.03. The van der Waals surface area contributed by atoms with Crippen LogP contribution >= 0.6 is 12.0 Å². The van der Waals surface area contributed by atoms with Crippen LogP contribution in [0.15, 0.2) is 41.7 Å². The number of hydrogen-bond acceptors (Lipinski definition) is 9. The van der Waals surface area contributed by atoms with Gasteiger partial charge in [0.15, 0.2) is 18.5 Å². The van der Waals surface area contributed by atoms with Gasteiger partial charge in [0.2, 0.25) is 0 Å². The van der Waals surface area contributed by atoms with Crippen LogP contribution in [0.4, 0.5) is 18.0 Å². The van der Waals surface area contributed by atoms with Crippen molar-refractivity contribution in [3.05, 3.63) is 47.8 Å². The number of fused-ring (bicyclic) bond motifs is 1. The second kappa shape index (κ2) is 11.9. The molecule has 0 aliphatic rings. The number of methoxy groups -OCH3 is 1. The van der Waals surface area contributed by atoms with Gasteiger partial charge in [-0.2, -0.15) is 13.2 Å². The fraction of sp³-hybridized carbons (Fsp3) is 0.381. The van der Waals surface area contributed by atoms with E-state index in [0.717, 1.165) is 12.0 Å². The Bertz CT molecular complexity index is 1120. The lowest BCUT2D eigenvalue weighted by Gasteiger charge is -2.13. The van der Waals surface area contributed by atoms with Crippen LogP contribution < -0.4 is 4.74 Å². The number of pyridine rings is 1. The van der Waals surface area contributed by atoms with E-state index in [2.05, 4.69) is 9.97 Å². The molecular weight excluding hydrogens is 479 g/mol. The van der Waals surface area contributed by atoms with Crippen LogP contribution in [0, 0.1) is 6.92 Å². The summed E-state index contributed by atoms with van der Waals surface area (Å²) in [6, 6.07) is 8.58. The molecule has 186 valence electrons. The summed E-state index contributed by atoms with van der Waals surface area (Å²) in [6.45, 7) is 0.306. The number of benzene rings is 1. The Balaban J connectivity index is 0.00000432. The van der Waals surface area contributed by atoms with Gasteiger partial charge in [-0.05, 0) is 25.1 Å². The average molecular weight is 503 g/mol. The van der Waals surface area contributed by atoms with Crippen molar-refractivity contribution in [3.8, 4) is 5.75 Å². The highest BCUT2D eigenvalue weighted by atomic mass is 32.2. The predicted octanol–water partition coefficient (Wildman–Crippen LogP) is 4.91. The molecule has 2 aromatic heterocycles. The number of aromatic nitrogens is 3. The van der Waals surface area contributed by atoms with Gasteiger partial charge in [0, 0.05) is 20.3 Å². The van der Waals surface area contributed by atoms with Crippen LogP contribution in [-0.4, -0.2) is 53.8 Å². The Kier molecular flexibility index (Phi) is 8.96. The first-order valence-electron chi connectivity index (χ1n) is 9.95. The molecule has 1 aromatic carbocycles. The Morgan fingerprint density at radius 2 is 1.97 bits per heavy atom. The van der Waals surface area contributed by atoms with Crippen molar-refractivity contribution in [2.75, 3.05) is 26.9 Å². The lowest BCUT2D eigenvalue weighted by molar-refractivity contribution is -0.153. The molecule has 0 N–H and O–H groups in total. The Labute approximate surface area is 198 Å². The molecule has 0 fully saturated rings. The van der Waals surface area contributed by atoms with Crippen molar-refractivity contribution in [1.29, 1.82) is 0 Å². The van der Waals surface area contributed by atoms with Gasteiger partial charge in [-0.1, -0.05) is 12.1 Å². The number of rotatable bonds is 11. The fourth-order valence-electron chi connectivity index (χ4n) is 2.77. The molecule has 0 saturated heterocycles. The van der Waals surface area contributed by atoms with Gasteiger partial charge in [0.05, 0.1) is 35.4 Å². The van der Waals surface area contributed by atoms with E-state index in [4.69, 9.17) is 23.1 Å². The van der Waals surface area contributed by atoms with Crippen LogP contribution in [0.3, 0.4) is 0 Å². The second-order valence-electron chi connectivity index (χ2n) is 6.81. The Morgan fingerprint density at radius 3 is 2.74 bits per heavy atom. The number of imidazole rings is 1. The summed E-state index contributed by atoms with van der Waals surface area (Å²) in [7, 11) is 1.48. The molecule has 0 radical (unpaired) electrons. The molecule has 0 spiro atoms. The number of hydrogen-bond donors (Lipinski definition) is 0. The molecule has 0 atom stereocenters. The number of ether oxygens (including phenoxy) is 4. The van der Waals surface area contributed by atoms with Gasteiger partial charge < -0.3 is 23.1 Å². The van der Waals surface area contributed by atoms with Crippen molar-refractivity contribution >= 4 is 29.2 Å². The normalized spacial score (nSPS) is 11.6. The van der Waals surface area contributed by atoms with Crippen LogP contribution in [0.1, 0.15) is 12.7 Å². The fourth-order valence-corrected chi connectivity index (χ4v) is 3.42. The first-order chi connectivity index (χ1) is 16.3. The SMILES string of the molecule is COCCOC(=O)OCn1c(SOCc2nccc(OCC(F)(F)F)c2C)nc2ccccc21.[HH]. The molecule has 0 aliphatic carbocycles. The molecule has 0 bridgehead atoms. The number of nitrogens with zero attached hydrogens (tertiary/aromatic N) is 3. The number of halogens is 3. The minimum absolute atomic E-state index is 0. The highest BCUT2D eigenvalue weighted by Gasteiger charge is 2.28. The van der Waals surface area contributed by atoms with Gasteiger partial charge in [0.25, 0.3) is 0 Å². The standard InChI is InChI=1S/C21H22F3N3O6S.H2/c1-14-16(25-8-7-18(14)31-12-21(22,23)24)11-33-34-19-26-15-5-3-4-6-17(15)27(19)13-32-20(28)30-10-9-29-2;/h3-8H,9-13H2,1-2H3;1H. The van der Waals surface area contributed by atoms with E-state index in [-0.39, 0.29) is 33.7 Å². The third-order valence-corrected chi connectivity index (χ3v) is 5.11. The van der Waals surface area contributed by atoms with E-state index in [0.29, 0.717) is 27.4 Å². The smallest absolute Gasteiger partial charge is 0.484 e. The van der Waals surface area contributed by atoms with E-state index in [1.165, 1.54) is 19.4 Å². The van der Waals surface area contributed by atoms with Crippen LogP contribution in [-0.2, 0) is 31.7 Å². The zero-order chi connectivity index (χ0) is 24.6. The van der Waals surface area contributed by atoms with E-state index in [9.17, 15) is 18.0 Å². The van der Waals surface area contributed by atoms with E-state index in [1.54, 1.807) is 23.6 Å². The van der Waals surface area contributed by atoms with Gasteiger partial charge in [0.1, 0.15) is 19.0 Å². The maximum atomic E-state index is 12.5. The zero-order valence-electron chi connectivity index (χ0n) is 18.3. The first-order valence-corrected chi connectivity index (χ1v) is 10.7. The molecular formula is C21H24F3N3O6S. The lowest BCUT2D eigenvalue weighted by atomic mass is 10.2. The minimum Gasteiger partial charge on any atom is -0.484 e. The predicted molar refractivity (Wildman–Crippen MR) is 117 cm³/mol. The zero-order valence-corrected chi connectivity index (χ0v) is 19.1. The van der Waals surface area contributed by atoms with Gasteiger partial charge in [-0.25, -0.2) is 9.78 Å². The third kappa shape index (κ3) is 7.23. The quantitative estimate of drug-likeness (QED) is 0.206. The first kappa shape index (κ1) is 25.6. The summed E-state index contributed by atoms with van der Waals surface area (Å²) in [5.41, 5.74) is 2.20. The molecule has 0 aliphatic heterocycles. The number of alkyl halides is 3. The topological polar surface area (TPSA) is 93.9 Å². The van der Waals surface area contributed by atoms with Crippen LogP contribution in [0.5, 0.6) is 5.75 Å². The molecule has 3 aromatic rings. The summed E-state index contributed by atoms with van der Waals surface area (Å²) in [5.74, 6) is 0.0727. The van der Waals surface area contributed by atoms with Crippen LogP contribution in [0.25, 0.3) is 11.0 Å². The van der Waals surface area contributed by atoms with Crippen molar-refractivity contribution in [2.24, 2.45) is 0 Å². The summed E-state index contributed by atoms with van der Waals surface area (Å²) in [4.78, 5) is 20.4. The third-order valence-electron chi connectivity index (χ3n) is 4.42. The summed E-state index contributed by atoms with van der Waals surface area (Å²) in [6.07, 6.45) is -3.96. The molecule has 9 nitrogen and oxygen atoms in total. The molecule has 3 rings (SSSR count). The monoisotopic (exact) mass is 503 g/mol. The average Bonchev–Trinajstić information content (AvgIpc) is 3.15. The molecule has 0 saturated carbocycles. The van der Waals surface area contributed by atoms with Gasteiger partial charge in [-0.3, -0.25) is 9.55 Å². The van der Waals surface area contributed by atoms with E-state index < -0.39 is 18.9 Å². The maximum Gasteiger partial charge on any atom is 0.510 e. The minimum atomic E-state index is -4.44. The second-order valence-corrected chi connectivity index (χ2v) is 7.57. The van der Waals surface area contributed by atoms with Crippen molar-refractivity contribution in [3.63, 3.8) is 0 Å². The highest BCUT2D eigenvalue weighted by Crippen LogP contribution is 2.28. The van der Waals surface area contributed by atoms with Crippen molar-refractivity contribution in [1.82, 2.24) is 14.5 Å². The summed E-state index contributed by atoms with van der Waals surface area (Å²) in [5, 5.41) is 0.396. The van der Waals surface area contributed by atoms with Crippen molar-refractivity contribution < 1.29 is 42.5 Å². The summed E-state index contributed by atoms with van der Waals surface area (Å²) < 4.78 is 64.3.